The monoisotopic (exact) mass is 419 g/mol. The molecule has 2 aromatic carbocycles. The lowest BCUT2D eigenvalue weighted by Gasteiger charge is -2.10. The van der Waals surface area contributed by atoms with E-state index < -0.39 is 17.3 Å². The minimum Gasteiger partial charge on any atom is -0.448 e. The number of hydrogen-bond acceptors (Lipinski definition) is 7. The summed E-state index contributed by atoms with van der Waals surface area (Å²) in [6.45, 7) is 1.32. The molecule has 10 nitrogen and oxygen atoms in total. The number of carbonyl (C=O) groups is 1. The number of hydrogen-bond donors (Lipinski definition) is 1. The van der Waals surface area contributed by atoms with Crippen molar-refractivity contribution in [2.75, 3.05) is 5.32 Å². The maximum Gasteiger partial charge on any atom is 0.297 e. The standard InChI is InChI=1S/C20H14FN7O3/c1-11-24-25-26-28(11)12-6-7-14(21)15(8-12)23-17(29)9-27-10-22-18-13-4-2-3-5-16(13)31-19(18)20(27)30/h2-8,10H,9H2,1H3,(H,23,29). The van der Waals surface area contributed by atoms with E-state index in [0.29, 0.717) is 28.0 Å². The lowest BCUT2D eigenvalue weighted by molar-refractivity contribution is -0.116. The summed E-state index contributed by atoms with van der Waals surface area (Å²) in [7, 11) is 0. The molecule has 0 unspecified atom stereocenters. The largest absolute Gasteiger partial charge is 0.448 e. The summed E-state index contributed by atoms with van der Waals surface area (Å²) < 4.78 is 22.4. The van der Waals surface area contributed by atoms with E-state index in [9.17, 15) is 14.0 Å². The number of tetrazole rings is 1. The number of benzene rings is 2. The Kier molecular flexibility index (Phi) is 4.28. The van der Waals surface area contributed by atoms with Crippen molar-refractivity contribution in [2.24, 2.45) is 0 Å². The lowest BCUT2D eigenvalue weighted by atomic mass is 10.2. The number of nitrogens with one attached hydrogen (secondary N) is 1. The number of fused-ring (bicyclic) bond motifs is 3. The number of aromatic nitrogens is 6. The van der Waals surface area contributed by atoms with Crippen molar-refractivity contribution in [3.63, 3.8) is 0 Å². The third-order valence-corrected chi connectivity index (χ3v) is 4.76. The first kappa shape index (κ1) is 18.6. The SMILES string of the molecule is Cc1nnnn1-c1ccc(F)c(NC(=O)Cn2cnc3c(oc4ccccc43)c2=O)c1. The van der Waals surface area contributed by atoms with Gasteiger partial charge in [0.05, 0.1) is 17.7 Å². The van der Waals surface area contributed by atoms with E-state index >= 15 is 0 Å². The van der Waals surface area contributed by atoms with Gasteiger partial charge in [0.1, 0.15) is 23.5 Å². The fourth-order valence-electron chi connectivity index (χ4n) is 3.28. The molecule has 0 bridgehead atoms. The fourth-order valence-corrected chi connectivity index (χ4v) is 3.28. The van der Waals surface area contributed by atoms with Gasteiger partial charge in [-0.05, 0) is 47.7 Å². The summed E-state index contributed by atoms with van der Waals surface area (Å²) in [4.78, 5) is 29.5. The molecule has 5 rings (SSSR count). The van der Waals surface area contributed by atoms with Crippen LogP contribution in [0.25, 0.3) is 27.8 Å². The molecule has 0 saturated heterocycles. The zero-order chi connectivity index (χ0) is 21.5. The van der Waals surface area contributed by atoms with Crippen molar-refractivity contribution in [2.45, 2.75) is 13.5 Å². The van der Waals surface area contributed by atoms with Gasteiger partial charge in [0.15, 0.2) is 5.82 Å². The Morgan fingerprint density at radius 3 is 2.87 bits per heavy atom. The van der Waals surface area contributed by atoms with Gasteiger partial charge in [0.2, 0.25) is 11.5 Å². The average molecular weight is 419 g/mol. The highest BCUT2D eigenvalue weighted by Gasteiger charge is 2.16. The van der Waals surface area contributed by atoms with Gasteiger partial charge in [-0.1, -0.05) is 12.1 Å². The third-order valence-electron chi connectivity index (χ3n) is 4.76. The number of anilines is 1. The molecule has 5 aromatic rings. The first-order valence-corrected chi connectivity index (χ1v) is 9.23. The van der Waals surface area contributed by atoms with E-state index in [-0.39, 0.29) is 17.8 Å². The van der Waals surface area contributed by atoms with Crippen molar-refractivity contribution in [1.82, 2.24) is 29.8 Å². The van der Waals surface area contributed by atoms with Gasteiger partial charge >= 0.3 is 0 Å². The Hall–Kier alpha value is -4.41. The summed E-state index contributed by atoms with van der Waals surface area (Å²) in [5.41, 5.74) is 0.910. The topological polar surface area (TPSA) is 121 Å². The molecule has 0 fully saturated rings. The van der Waals surface area contributed by atoms with Crippen molar-refractivity contribution in [3.8, 4) is 5.69 Å². The number of carbonyl (C=O) groups excluding carboxylic acids is 1. The summed E-state index contributed by atoms with van der Waals surface area (Å²) in [5.74, 6) is -0.745. The number of para-hydroxylation sites is 1. The zero-order valence-corrected chi connectivity index (χ0v) is 16.1. The van der Waals surface area contributed by atoms with Gasteiger partial charge in [-0.15, -0.1) is 5.10 Å². The van der Waals surface area contributed by atoms with Crippen LogP contribution >= 0.6 is 0 Å². The van der Waals surface area contributed by atoms with Crippen LogP contribution in [0, 0.1) is 12.7 Å². The van der Waals surface area contributed by atoms with E-state index in [1.54, 1.807) is 25.1 Å². The Morgan fingerprint density at radius 1 is 1.23 bits per heavy atom. The second-order valence-electron chi connectivity index (χ2n) is 6.80. The molecule has 154 valence electrons. The zero-order valence-electron chi connectivity index (χ0n) is 16.1. The predicted molar refractivity (Wildman–Crippen MR) is 108 cm³/mol. The summed E-state index contributed by atoms with van der Waals surface area (Å²) in [6, 6.07) is 11.2. The Labute approximate surface area is 172 Å². The first-order chi connectivity index (χ1) is 15.0. The molecule has 31 heavy (non-hydrogen) atoms. The third kappa shape index (κ3) is 3.21. The summed E-state index contributed by atoms with van der Waals surface area (Å²) >= 11 is 0. The van der Waals surface area contributed by atoms with Gasteiger partial charge in [-0.3, -0.25) is 14.2 Å². The number of nitrogens with zero attached hydrogens (tertiary/aromatic N) is 6. The molecule has 0 aliphatic heterocycles. The van der Waals surface area contributed by atoms with Crippen LogP contribution in [0.4, 0.5) is 10.1 Å². The quantitative estimate of drug-likeness (QED) is 0.474. The van der Waals surface area contributed by atoms with Crippen LogP contribution in [-0.4, -0.2) is 35.7 Å². The molecular formula is C20H14FN7O3. The molecule has 3 heterocycles. The Balaban J connectivity index is 1.43. The van der Waals surface area contributed by atoms with Crippen LogP contribution in [0.15, 0.2) is 58.0 Å². The molecule has 11 heteroatoms. The van der Waals surface area contributed by atoms with Gasteiger partial charge in [-0.2, -0.15) is 4.68 Å². The lowest BCUT2D eigenvalue weighted by Crippen LogP contribution is -2.28. The number of aryl methyl sites for hydroxylation is 1. The minimum absolute atomic E-state index is 0.0545. The van der Waals surface area contributed by atoms with E-state index in [2.05, 4.69) is 25.8 Å². The van der Waals surface area contributed by atoms with Gasteiger partial charge in [0, 0.05) is 5.39 Å². The maximum atomic E-state index is 14.2. The molecule has 3 aromatic heterocycles. The van der Waals surface area contributed by atoms with Gasteiger partial charge in [0.25, 0.3) is 5.56 Å². The van der Waals surface area contributed by atoms with Crippen molar-refractivity contribution >= 4 is 33.7 Å². The Morgan fingerprint density at radius 2 is 2.06 bits per heavy atom. The van der Waals surface area contributed by atoms with E-state index in [1.165, 1.54) is 29.2 Å². The van der Waals surface area contributed by atoms with Crippen LogP contribution in [0.2, 0.25) is 0 Å². The summed E-state index contributed by atoms with van der Waals surface area (Å²) in [5, 5.41) is 14.3. The predicted octanol–water partition coefficient (Wildman–Crippen LogP) is 2.20. The molecular weight excluding hydrogens is 405 g/mol. The Bertz CT molecular complexity index is 1520. The maximum absolute atomic E-state index is 14.2. The molecule has 0 aliphatic carbocycles. The van der Waals surface area contributed by atoms with Crippen LogP contribution in [0.1, 0.15) is 5.82 Å². The number of furan rings is 1. The molecule has 0 radical (unpaired) electrons. The van der Waals surface area contributed by atoms with E-state index in [1.807, 2.05) is 6.07 Å². The van der Waals surface area contributed by atoms with Crippen molar-refractivity contribution in [3.05, 3.63) is 70.8 Å². The highest BCUT2D eigenvalue weighted by Crippen LogP contribution is 2.24. The molecule has 0 saturated carbocycles. The summed E-state index contributed by atoms with van der Waals surface area (Å²) in [6.07, 6.45) is 1.27. The smallest absolute Gasteiger partial charge is 0.297 e. The van der Waals surface area contributed by atoms with Gasteiger partial charge in [-0.25, -0.2) is 9.37 Å². The van der Waals surface area contributed by atoms with Gasteiger partial charge < -0.3 is 9.73 Å². The highest BCUT2D eigenvalue weighted by molar-refractivity contribution is 6.01. The molecule has 0 atom stereocenters. The average Bonchev–Trinajstić information content (AvgIpc) is 3.36. The molecule has 0 spiro atoms. The van der Waals surface area contributed by atoms with Crippen molar-refractivity contribution in [1.29, 1.82) is 0 Å². The van der Waals surface area contributed by atoms with Crippen molar-refractivity contribution < 1.29 is 13.6 Å². The van der Waals surface area contributed by atoms with E-state index in [4.69, 9.17) is 4.42 Å². The van der Waals surface area contributed by atoms with Crippen LogP contribution in [0.3, 0.4) is 0 Å². The first-order valence-electron chi connectivity index (χ1n) is 9.23. The second kappa shape index (κ2) is 7.13. The molecule has 0 aliphatic rings. The van der Waals surface area contributed by atoms with E-state index in [0.717, 1.165) is 4.57 Å². The highest BCUT2D eigenvalue weighted by atomic mass is 19.1. The van der Waals surface area contributed by atoms with Crippen LogP contribution in [0.5, 0.6) is 0 Å². The molecule has 1 N–H and O–H groups in total. The number of rotatable bonds is 4. The molecule has 1 amide bonds. The second-order valence-corrected chi connectivity index (χ2v) is 6.80. The normalized spacial score (nSPS) is 11.3. The van der Waals surface area contributed by atoms with Crippen LogP contribution < -0.4 is 10.9 Å². The fraction of sp³-hybridized carbons (Fsp3) is 0.100. The van der Waals surface area contributed by atoms with Crippen LogP contribution in [-0.2, 0) is 11.3 Å². The minimum atomic E-state index is -0.638. The number of amides is 1. The number of halogens is 1.